The first kappa shape index (κ1) is 19.5. The lowest BCUT2D eigenvalue weighted by molar-refractivity contribution is -0.117. The number of rotatable bonds is 3. The lowest BCUT2D eigenvalue weighted by atomic mass is 10.0. The molecule has 0 fully saturated rings. The number of nitrogens with one attached hydrogen (secondary N) is 1. The van der Waals surface area contributed by atoms with E-state index < -0.39 is 0 Å². The predicted octanol–water partition coefficient (Wildman–Crippen LogP) is 2.62. The molecule has 0 aliphatic carbocycles. The summed E-state index contributed by atoms with van der Waals surface area (Å²) in [4.78, 5) is 18.6. The number of aliphatic imine (C=N–C) groups is 1. The molecule has 2 aromatic carbocycles. The minimum absolute atomic E-state index is 0. The van der Waals surface area contributed by atoms with Crippen molar-refractivity contribution < 1.29 is 9.53 Å². The van der Waals surface area contributed by atoms with E-state index in [9.17, 15) is 4.79 Å². The molecule has 4 rings (SSSR count). The standard InChI is InChI=1S/C20H22N4O2.HI/c21-20(23-16-10-12-26-18-8-4-2-6-15(16)18)22-13-19(25)24-11-9-14-5-1-3-7-17(14)24;/h1-8,16H,9-13H2,(H3,21,22,23);1H. The van der Waals surface area contributed by atoms with Crippen LogP contribution in [0, 0.1) is 0 Å². The first-order valence-corrected chi connectivity index (χ1v) is 8.89. The Morgan fingerprint density at radius 3 is 2.89 bits per heavy atom. The molecule has 2 aliphatic rings. The number of nitrogens with two attached hydrogens (primary N) is 1. The van der Waals surface area contributed by atoms with Crippen molar-refractivity contribution in [2.24, 2.45) is 10.7 Å². The number of ether oxygens (including phenoxy) is 1. The highest BCUT2D eigenvalue weighted by atomic mass is 127. The summed E-state index contributed by atoms with van der Waals surface area (Å²) in [5.74, 6) is 1.12. The second-order valence-electron chi connectivity index (χ2n) is 6.50. The summed E-state index contributed by atoms with van der Waals surface area (Å²) < 4.78 is 5.65. The summed E-state index contributed by atoms with van der Waals surface area (Å²) in [6.45, 7) is 1.37. The number of carbonyl (C=O) groups excluding carboxylic acids is 1. The largest absolute Gasteiger partial charge is 0.493 e. The fraction of sp³-hybridized carbons (Fsp3) is 0.300. The molecule has 0 radical (unpaired) electrons. The number of guanidine groups is 1. The lowest BCUT2D eigenvalue weighted by Gasteiger charge is -2.27. The molecule has 7 heteroatoms. The molecule has 2 aromatic rings. The Hall–Kier alpha value is -2.29. The fourth-order valence-electron chi connectivity index (χ4n) is 3.55. The lowest BCUT2D eigenvalue weighted by Crippen LogP contribution is -2.38. The van der Waals surface area contributed by atoms with E-state index in [4.69, 9.17) is 10.5 Å². The van der Waals surface area contributed by atoms with E-state index in [-0.39, 0.29) is 48.4 Å². The van der Waals surface area contributed by atoms with Crippen LogP contribution < -0.4 is 20.7 Å². The monoisotopic (exact) mass is 478 g/mol. The molecular weight excluding hydrogens is 455 g/mol. The number of carbonyl (C=O) groups is 1. The first-order chi connectivity index (χ1) is 12.7. The average Bonchev–Trinajstić information content (AvgIpc) is 3.11. The van der Waals surface area contributed by atoms with Gasteiger partial charge in [0.15, 0.2) is 5.96 Å². The molecule has 0 saturated carbocycles. The summed E-state index contributed by atoms with van der Waals surface area (Å²) in [6, 6.07) is 15.9. The average molecular weight is 478 g/mol. The normalized spacial score (nSPS) is 18.0. The maximum Gasteiger partial charge on any atom is 0.248 e. The summed E-state index contributed by atoms with van der Waals surface area (Å²) in [6.07, 6.45) is 1.69. The summed E-state index contributed by atoms with van der Waals surface area (Å²) >= 11 is 0. The second kappa shape index (κ2) is 8.60. The van der Waals surface area contributed by atoms with Gasteiger partial charge in [0.1, 0.15) is 12.3 Å². The zero-order chi connectivity index (χ0) is 17.9. The minimum Gasteiger partial charge on any atom is -0.493 e. The van der Waals surface area contributed by atoms with Crippen molar-refractivity contribution in [1.82, 2.24) is 5.32 Å². The van der Waals surface area contributed by atoms with Crippen LogP contribution in [0.5, 0.6) is 5.75 Å². The highest BCUT2D eigenvalue weighted by Crippen LogP contribution is 2.31. The third-order valence-corrected chi connectivity index (χ3v) is 4.85. The Morgan fingerprint density at radius 1 is 1.22 bits per heavy atom. The quantitative estimate of drug-likeness (QED) is 0.404. The molecule has 27 heavy (non-hydrogen) atoms. The van der Waals surface area contributed by atoms with Crippen molar-refractivity contribution >= 4 is 41.5 Å². The Labute approximate surface area is 175 Å². The van der Waals surface area contributed by atoms with Gasteiger partial charge in [-0.15, -0.1) is 24.0 Å². The van der Waals surface area contributed by atoms with E-state index in [1.807, 2.05) is 42.5 Å². The van der Waals surface area contributed by atoms with Gasteiger partial charge >= 0.3 is 0 Å². The van der Waals surface area contributed by atoms with Gasteiger partial charge in [-0.3, -0.25) is 4.79 Å². The van der Waals surface area contributed by atoms with Gasteiger partial charge in [0.2, 0.25) is 5.91 Å². The van der Waals surface area contributed by atoms with Crippen molar-refractivity contribution in [2.75, 3.05) is 24.6 Å². The molecule has 6 nitrogen and oxygen atoms in total. The number of anilines is 1. The Balaban J connectivity index is 0.00000210. The summed E-state index contributed by atoms with van der Waals surface area (Å²) in [5, 5.41) is 3.22. The van der Waals surface area contributed by atoms with E-state index in [2.05, 4.69) is 16.4 Å². The molecule has 0 aromatic heterocycles. The third kappa shape index (κ3) is 4.18. The van der Waals surface area contributed by atoms with E-state index in [1.54, 1.807) is 4.90 Å². The number of hydrogen-bond acceptors (Lipinski definition) is 3. The Morgan fingerprint density at radius 2 is 2.00 bits per heavy atom. The Kier molecular flexibility index (Phi) is 6.20. The van der Waals surface area contributed by atoms with E-state index in [0.29, 0.717) is 13.2 Å². The zero-order valence-corrected chi connectivity index (χ0v) is 17.3. The molecule has 0 spiro atoms. The fourth-order valence-corrected chi connectivity index (χ4v) is 3.55. The number of fused-ring (bicyclic) bond motifs is 2. The van der Waals surface area contributed by atoms with Gasteiger partial charge in [0.05, 0.1) is 12.6 Å². The van der Waals surface area contributed by atoms with Crippen LogP contribution in [0.3, 0.4) is 0 Å². The van der Waals surface area contributed by atoms with Crippen LogP contribution in [0.4, 0.5) is 5.69 Å². The van der Waals surface area contributed by atoms with Crippen LogP contribution in [0.1, 0.15) is 23.6 Å². The van der Waals surface area contributed by atoms with Crippen molar-refractivity contribution in [3.63, 3.8) is 0 Å². The van der Waals surface area contributed by atoms with Gasteiger partial charge < -0.3 is 20.7 Å². The second-order valence-corrected chi connectivity index (χ2v) is 6.50. The Bertz CT molecular complexity index is 855. The van der Waals surface area contributed by atoms with E-state index in [0.717, 1.165) is 29.8 Å². The number of para-hydroxylation sites is 2. The maximum absolute atomic E-state index is 12.5. The zero-order valence-electron chi connectivity index (χ0n) is 14.9. The maximum atomic E-state index is 12.5. The first-order valence-electron chi connectivity index (χ1n) is 8.89. The van der Waals surface area contributed by atoms with Gasteiger partial charge in [-0.05, 0) is 24.1 Å². The van der Waals surface area contributed by atoms with Crippen molar-refractivity contribution in [2.45, 2.75) is 18.9 Å². The molecule has 0 saturated heterocycles. The van der Waals surface area contributed by atoms with Crippen LogP contribution in [-0.4, -0.2) is 31.6 Å². The molecule has 0 bridgehead atoms. The van der Waals surface area contributed by atoms with Crippen LogP contribution in [0.15, 0.2) is 53.5 Å². The summed E-state index contributed by atoms with van der Waals surface area (Å²) in [5.41, 5.74) is 9.28. The van der Waals surface area contributed by atoms with E-state index >= 15 is 0 Å². The van der Waals surface area contributed by atoms with E-state index in [1.165, 1.54) is 5.56 Å². The van der Waals surface area contributed by atoms with Gasteiger partial charge in [-0.1, -0.05) is 36.4 Å². The number of nitrogens with zero attached hydrogens (tertiary/aromatic N) is 2. The molecule has 2 heterocycles. The highest BCUT2D eigenvalue weighted by molar-refractivity contribution is 14.0. The van der Waals surface area contributed by atoms with Crippen LogP contribution in [-0.2, 0) is 11.2 Å². The molecule has 2 aliphatic heterocycles. The van der Waals surface area contributed by atoms with Gasteiger partial charge in [-0.25, -0.2) is 4.99 Å². The number of amides is 1. The number of halogens is 1. The van der Waals surface area contributed by atoms with Gasteiger partial charge in [-0.2, -0.15) is 0 Å². The predicted molar refractivity (Wildman–Crippen MR) is 117 cm³/mol. The molecule has 1 unspecified atom stereocenters. The number of hydrogen-bond donors (Lipinski definition) is 2. The van der Waals surface area contributed by atoms with Crippen LogP contribution in [0.25, 0.3) is 0 Å². The van der Waals surface area contributed by atoms with Crippen molar-refractivity contribution in [1.29, 1.82) is 0 Å². The van der Waals surface area contributed by atoms with Crippen LogP contribution >= 0.6 is 24.0 Å². The smallest absolute Gasteiger partial charge is 0.248 e. The van der Waals surface area contributed by atoms with Gasteiger partial charge in [0.25, 0.3) is 0 Å². The van der Waals surface area contributed by atoms with Crippen molar-refractivity contribution in [3.8, 4) is 5.75 Å². The SMILES string of the molecule is I.NC(=NCC(=O)N1CCc2ccccc21)NC1CCOc2ccccc21. The molecule has 142 valence electrons. The minimum atomic E-state index is -0.0351. The molecular formula is C20H23IN4O2. The summed E-state index contributed by atoms with van der Waals surface area (Å²) in [7, 11) is 0. The van der Waals surface area contributed by atoms with Gasteiger partial charge in [0, 0.05) is 24.2 Å². The third-order valence-electron chi connectivity index (χ3n) is 4.85. The number of benzene rings is 2. The molecule has 3 N–H and O–H groups in total. The molecule has 1 amide bonds. The van der Waals surface area contributed by atoms with Crippen LogP contribution in [0.2, 0.25) is 0 Å². The highest BCUT2D eigenvalue weighted by Gasteiger charge is 2.24. The molecule has 1 atom stereocenters. The van der Waals surface area contributed by atoms with Crippen molar-refractivity contribution in [3.05, 3.63) is 59.7 Å². The topological polar surface area (TPSA) is 80.0 Å².